The number of Topliss-reactive ketones (excluding diaryl/α,β-unsaturated/α-hetero) is 1. The molecule has 106 valence electrons. The second-order valence-corrected chi connectivity index (χ2v) is 4.94. The second kappa shape index (κ2) is 7.89. The van der Waals surface area contributed by atoms with Crippen LogP contribution in [-0.4, -0.2) is 37.1 Å². The van der Waals surface area contributed by atoms with Gasteiger partial charge in [-0.15, -0.1) is 0 Å². The van der Waals surface area contributed by atoms with Crippen LogP contribution in [0.25, 0.3) is 0 Å². The molecule has 0 saturated carbocycles. The summed E-state index contributed by atoms with van der Waals surface area (Å²) in [6.07, 6.45) is 4.20. The Kier molecular flexibility index (Phi) is 6.50. The smallest absolute Gasteiger partial charge is 0.165 e. The quantitative estimate of drug-likeness (QED) is 0.723. The zero-order chi connectivity index (χ0) is 14.3. The Morgan fingerprint density at radius 2 is 2.21 bits per heavy atom. The minimum absolute atomic E-state index is 0.0117. The number of nitrogens with zero attached hydrogens (tertiary/aromatic N) is 2. The van der Waals surface area contributed by atoms with Crippen LogP contribution in [0.5, 0.6) is 0 Å². The number of carbonyl (C=O) groups is 1. The SMILES string of the molecule is CCCN(CC(OC)C(=O)C(C)C)c1cccnc1. The van der Waals surface area contributed by atoms with Crippen molar-refractivity contribution in [3.63, 3.8) is 0 Å². The van der Waals surface area contributed by atoms with Crippen molar-refractivity contribution in [1.29, 1.82) is 0 Å². The number of ether oxygens (including phenoxy) is 1. The van der Waals surface area contributed by atoms with Gasteiger partial charge in [0.15, 0.2) is 5.78 Å². The van der Waals surface area contributed by atoms with Gasteiger partial charge in [0.2, 0.25) is 0 Å². The molecule has 0 N–H and O–H groups in total. The third-order valence-corrected chi connectivity index (χ3v) is 3.06. The Morgan fingerprint density at radius 1 is 1.47 bits per heavy atom. The lowest BCUT2D eigenvalue weighted by atomic mass is 10.0. The maximum Gasteiger partial charge on any atom is 0.165 e. The standard InChI is InChI=1S/C15H24N2O2/c1-5-9-17(13-7-6-8-16-10-13)11-14(19-4)15(18)12(2)3/h6-8,10,12,14H,5,9,11H2,1-4H3. The first-order chi connectivity index (χ1) is 9.10. The van der Waals surface area contributed by atoms with Gasteiger partial charge in [0.25, 0.3) is 0 Å². The lowest BCUT2D eigenvalue weighted by Crippen LogP contribution is -2.40. The summed E-state index contributed by atoms with van der Waals surface area (Å²) >= 11 is 0. The molecule has 1 aromatic rings. The van der Waals surface area contributed by atoms with E-state index in [1.807, 2.05) is 32.2 Å². The van der Waals surface area contributed by atoms with E-state index in [0.29, 0.717) is 6.54 Å². The minimum atomic E-state index is -0.383. The van der Waals surface area contributed by atoms with Crippen molar-refractivity contribution in [1.82, 2.24) is 4.98 Å². The highest BCUT2D eigenvalue weighted by atomic mass is 16.5. The fourth-order valence-corrected chi connectivity index (χ4v) is 1.99. The molecule has 0 spiro atoms. The Balaban J connectivity index is 2.80. The topological polar surface area (TPSA) is 42.4 Å². The van der Waals surface area contributed by atoms with Crippen molar-refractivity contribution in [2.45, 2.75) is 33.3 Å². The lowest BCUT2D eigenvalue weighted by Gasteiger charge is -2.28. The lowest BCUT2D eigenvalue weighted by molar-refractivity contribution is -0.131. The molecule has 0 radical (unpaired) electrons. The van der Waals surface area contributed by atoms with E-state index in [1.165, 1.54) is 0 Å². The Hall–Kier alpha value is -1.42. The summed E-state index contributed by atoms with van der Waals surface area (Å²) in [5, 5.41) is 0. The van der Waals surface area contributed by atoms with Crippen molar-refractivity contribution in [3.8, 4) is 0 Å². The second-order valence-electron chi connectivity index (χ2n) is 4.94. The van der Waals surface area contributed by atoms with E-state index in [9.17, 15) is 4.79 Å². The van der Waals surface area contributed by atoms with Gasteiger partial charge in [-0.1, -0.05) is 20.8 Å². The van der Waals surface area contributed by atoms with E-state index in [1.54, 1.807) is 13.3 Å². The van der Waals surface area contributed by atoms with E-state index >= 15 is 0 Å². The average molecular weight is 264 g/mol. The van der Waals surface area contributed by atoms with Gasteiger partial charge in [-0.05, 0) is 18.6 Å². The zero-order valence-electron chi connectivity index (χ0n) is 12.3. The van der Waals surface area contributed by atoms with Gasteiger partial charge in [0.05, 0.1) is 18.4 Å². The molecule has 4 nitrogen and oxygen atoms in total. The van der Waals surface area contributed by atoms with E-state index in [2.05, 4.69) is 16.8 Å². The molecule has 0 aliphatic carbocycles. The van der Waals surface area contributed by atoms with Crippen molar-refractivity contribution in [2.75, 3.05) is 25.1 Å². The molecule has 0 aromatic carbocycles. The van der Waals surface area contributed by atoms with Gasteiger partial charge in [0.1, 0.15) is 6.10 Å². The Morgan fingerprint density at radius 3 is 2.68 bits per heavy atom. The third kappa shape index (κ3) is 4.63. The van der Waals surface area contributed by atoms with Gasteiger partial charge >= 0.3 is 0 Å². The van der Waals surface area contributed by atoms with Gasteiger partial charge in [-0.3, -0.25) is 9.78 Å². The molecule has 0 amide bonds. The molecular formula is C15H24N2O2. The fraction of sp³-hybridized carbons (Fsp3) is 0.600. The molecule has 1 aromatic heterocycles. The number of hydrogen-bond acceptors (Lipinski definition) is 4. The largest absolute Gasteiger partial charge is 0.372 e. The number of hydrogen-bond donors (Lipinski definition) is 0. The number of rotatable bonds is 8. The van der Waals surface area contributed by atoms with Crippen LogP contribution < -0.4 is 4.90 Å². The van der Waals surface area contributed by atoms with Gasteiger partial charge in [-0.25, -0.2) is 0 Å². The van der Waals surface area contributed by atoms with Crippen LogP contribution in [0.3, 0.4) is 0 Å². The summed E-state index contributed by atoms with van der Waals surface area (Å²) in [6, 6.07) is 3.92. The summed E-state index contributed by atoms with van der Waals surface area (Å²) in [5.41, 5.74) is 1.03. The fourth-order valence-electron chi connectivity index (χ4n) is 1.99. The van der Waals surface area contributed by atoms with Crippen LogP contribution in [0, 0.1) is 5.92 Å². The first kappa shape index (κ1) is 15.6. The van der Waals surface area contributed by atoms with Crippen molar-refractivity contribution < 1.29 is 9.53 Å². The monoisotopic (exact) mass is 264 g/mol. The number of carbonyl (C=O) groups excluding carboxylic acids is 1. The Bertz CT molecular complexity index is 379. The Labute approximate surface area is 115 Å². The van der Waals surface area contributed by atoms with Crippen molar-refractivity contribution >= 4 is 11.5 Å². The number of ketones is 1. The zero-order valence-corrected chi connectivity index (χ0v) is 12.3. The molecule has 0 aliphatic rings. The molecule has 0 saturated heterocycles. The summed E-state index contributed by atoms with van der Waals surface area (Å²) in [7, 11) is 1.60. The first-order valence-corrected chi connectivity index (χ1v) is 6.81. The van der Waals surface area contributed by atoms with Crippen molar-refractivity contribution in [3.05, 3.63) is 24.5 Å². The molecule has 19 heavy (non-hydrogen) atoms. The molecule has 1 rings (SSSR count). The molecule has 4 heteroatoms. The predicted molar refractivity (Wildman–Crippen MR) is 77.4 cm³/mol. The third-order valence-electron chi connectivity index (χ3n) is 3.06. The summed E-state index contributed by atoms with van der Waals surface area (Å²) in [4.78, 5) is 18.4. The van der Waals surface area contributed by atoms with Gasteiger partial charge < -0.3 is 9.64 Å². The van der Waals surface area contributed by atoms with Crippen LogP contribution in [-0.2, 0) is 9.53 Å². The molecule has 0 aliphatic heterocycles. The van der Waals surface area contributed by atoms with Crippen LogP contribution >= 0.6 is 0 Å². The number of pyridine rings is 1. The van der Waals surface area contributed by atoms with Crippen LogP contribution in [0.4, 0.5) is 5.69 Å². The number of anilines is 1. The number of methoxy groups -OCH3 is 1. The summed E-state index contributed by atoms with van der Waals surface area (Å²) < 4.78 is 5.36. The van der Waals surface area contributed by atoms with E-state index < -0.39 is 0 Å². The molecular weight excluding hydrogens is 240 g/mol. The van der Waals surface area contributed by atoms with E-state index in [-0.39, 0.29) is 17.8 Å². The van der Waals surface area contributed by atoms with E-state index in [0.717, 1.165) is 18.7 Å². The summed E-state index contributed by atoms with van der Waals surface area (Å²) in [6.45, 7) is 7.39. The maximum atomic E-state index is 12.1. The molecule has 1 unspecified atom stereocenters. The van der Waals surface area contributed by atoms with Crippen LogP contribution in [0.2, 0.25) is 0 Å². The van der Waals surface area contributed by atoms with Crippen molar-refractivity contribution in [2.24, 2.45) is 5.92 Å². The highest BCUT2D eigenvalue weighted by molar-refractivity contribution is 5.85. The summed E-state index contributed by atoms with van der Waals surface area (Å²) in [5.74, 6) is 0.134. The maximum absolute atomic E-state index is 12.1. The van der Waals surface area contributed by atoms with Gasteiger partial charge in [-0.2, -0.15) is 0 Å². The highest BCUT2D eigenvalue weighted by Crippen LogP contribution is 2.15. The normalized spacial score (nSPS) is 12.5. The van der Waals surface area contributed by atoms with Crippen LogP contribution in [0.1, 0.15) is 27.2 Å². The molecule has 1 atom stereocenters. The number of aromatic nitrogens is 1. The highest BCUT2D eigenvalue weighted by Gasteiger charge is 2.23. The predicted octanol–water partition coefficient (Wildman–Crippen LogP) is 2.54. The molecule has 0 bridgehead atoms. The molecule has 0 fully saturated rings. The van der Waals surface area contributed by atoms with E-state index in [4.69, 9.17) is 4.74 Å². The minimum Gasteiger partial charge on any atom is -0.372 e. The first-order valence-electron chi connectivity index (χ1n) is 6.81. The average Bonchev–Trinajstić information content (AvgIpc) is 2.43. The van der Waals surface area contributed by atoms with Crippen LogP contribution in [0.15, 0.2) is 24.5 Å². The van der Waals surface area contributed by atoms with Gasteiger partial charge in [0, 0.05) is 25.8 Å². The molecule has 1 heterocycles.